The minimum absolute atomic E-state index is 0.0932. The van der Waals surface area contributed by atoms with Crippen LogP contribution in [0.15, 0.2) is 85.1 Å². The van der Waals surface area contributed by atoms with Crippen molar-refractivity contribution in [3.05, 3.63) is 95.8 Å². The average molecular weight is 438 g/mol. The quantitative estimate of drug-likeness (QED) is 0.494. The van der Waals surface area contributed by atoms with Crippen LogP contribution in [-0.2, 0) is 0 Å². The monoisotopic (exact) mass is 438 g/mol. The van der Waals surface area contributed by atoms with Crippen molar-refractivity contribution in [2.24, 2.45) is 0 Å². The van der Waals surface area contributed by atoms with Gasteiger partial charge < -0.3 is 0 Å². The number of pyridine rings is 1. The van der Waals surface area contributed by atoms with E-state index in [1.54, 1.807) is 24.4 Å². The van der Waals surface area contributed by atoms with E-state index in [4.69, 9.17) is 11.6 Å². The van der Waals surface area contributed by atoms with E-state index in [9.17, 15) is 4.79 Å². The fourth-order valence-corrected chi connectivity index (χ4v) is 5.04. The van der Waals surface area contributed by atoms with Crippen LogP contribution in [0.1, 0.15) is 10.5 Å². The Labute approximate surface area is 168 Å². The molecule has 1 N–H and O–H groups in total. The van der Waals surface area contributed by atoms with Gasteiger partial charge in [0.2, 0.25) is 0 Å². The number of aromatic nitrogens is 1. The van der Waals surface area contributed by atoms with Crippen LogP contribution in [0.2, 0.25) is 5.02 Å². The second-order valence-electron chi connectivity index (χ2n) is 5.88. The van der Waals surface area contributed by atoms with Crippen LogP contribution in [0, 0.1) is 0 Å². The summed E-state index contributed by atoms with van der Waals surface area (Å²) in [6.45, 7) is 0. The van der Waals surface area contributed by atoms with Gasteiger partial charge in [-0.15, -0.1) is 0 Å². The summed E-state index contributed by atoms with van der Waals surface area (Å²) < 4.78 is 2.43. The summed E-state index contributed by atoms with van der Waals surface area (Å²) in [5, 5.41) is 5.92. The number of hydrogen-bond acceptors (Lipinski definition) is 2. The number of halogens is 1. The van der Waals surface area contributed by atoms with E-state index >= 15 is 0 Å². The molecule has 3 aromatic carbocycles. The van der Waals surface area contributed by atoms with Crippen molar-refractivity contribution in [1.29, 1.82) is 0 Å². The molecule has 0 spiro atoms. The number of carbonyl (C=O) groups excluding carboxylic acids is 1. The summed E-state index contributed by atoms with van der Waals surface area (Å²) in [5.41, 5.74) is 1.20. The molecule has 1 aromatic heterocycles. The summed E-state index contributed by atoms with van der Waals surface area (Å²) in [5.74, 6) is -0.211. The first-order chi connectivity index (χ1) is 13.2. The fraction of sp³-hybridized carbons (Fsp3) is 0. The van der Waals surface area contributed by atoms with Crippen LogP contribution in [0.5, 0.6) is 0 Å². The molecular formula is C22H15ClN2OSe. The van der Waals surface area contributed by atoms with Gasteiger partial charge in [0.25, 0.3) is 0 Å². The number of carbonyl (C=O) groups is 1. The molecule has 0 aliphatic carbocycles. The molecule has 3 nitrogen and oxygen atoms in total. The summed E-state index contributed by atoms with van der Waals surface area (Å²) >= 11 is 6.10. The van der Waals surface area contributed by atoms with Gasteiger partial charge in [-0.25, -0.2) is 0 Å². The molecule has 1 amide bonds. The zero-order valence-electron chi connectivity index (χ0n) is 14.2. The van der Waals surface area contributed by atoms with Gasteiger partial charge >= 0.3 is 169 Å². The molecule has 132 valence electrons. The molecule has 0 radical (unpaired) electrons. The van der Waals surface area contributed by atoms with Gasteiger partial charge in [-0.3, -0.25) is 0 Å². The van der Waals surface area contributed by atoms with Crippen LogP contribution in [0.4, 0.5) is 5.69 Å². The average Bonchev–Trinajstić information content (AvgIpc) is 2.70. The Morgan fingerprint density at radius 3 is 2.41 bits per heavy atom. The maximum absolute atomic E-state index is 12.6. The van der Waals surface area contributed by atoms with E-state index in [-0.39, 0.29) is 20.9 Å². The van der Waals surface area contributed by atoms with Crippen molar-refractivity contribution in [1.82, 2.24) is 4.98 Å². The van der Waals surface area contributed by atoms with E-state index in [1.165, 1.54) is 8.92 Å². The van der Waals surface area contributed by atoms with Crippen LogP contribution in [0.3, 0.4) is 0 Å². The molecule has 0 bridgehead atoms. The molecular weight excluding hydrogens is 423 g/mol. The number of nitrogens with one attached hydrogen (secondary N) is 1. The molecule has 4 aromatic rings. The van der Waals surface area contributed by atoms with E-state index in [0.717, 1.165) is 21.5 Å². The summed E-state index contributed by atoms with van der Waals surface area (Å²) in [6.07, 6.45) is 1.62. The van der Waals surface area contributed by atoms with Crippen LogP contribution >= 0.6 is 11.6 Å². The zero-order chi connectivity index (χ0) is 18.6. The van der Waals surface area contributed by atoms with Gasteiger partial charge in [0.1, 0.15) is 0 Å². The summed E-state index contributed by atoms with van der Waals surface area (Å²) in [4.78, 5) is 16.7. The van der Waals surface area contributed by atoms with Crippen molar-refractivity contribution in [2.45, 2.75) is 0 Å². The van der Waals surface area contributed by atoms with Gasteiger partial charge in [0.05, 0.1) is 0 Å². The second kappa shape index (κ2) is 7.93. The van der Waals surface area contributed by atoms with E-state index in [2.05, 4.69) is 46.7 Å². The molecule has 5 heteroatoms. The third-order valence-corrected chi connectivity index (χ3v) is 6.55. The van der Waals surface area contributed by atoms with Crippen LogP contribution in [0.25, 0.3) is 10.8 Å². The standard InChI is InChI=1S/C22H15ClN2OSe/c23-16-10-12-17(13-11-16)27-20-9-4-6-15-5-3-8-18(21(15)20)25-22(26)19-7-1-2-14-24-19/h1-14H,(H,25,26). The Morgan fingerprint density at radius 2 is 1.67 bits per heavy atom. The Balaban J connectivity index is 1.73. The molecule has 0 aliphatic heterocycles. The first kappa shape index (κ1) is 17.7. The second-order valence-corrected chi connectivity index (χ2v) is 8.66. The Morgan fingerprint density at radius 1 is 0.889 bits per heavy atom. The number of hydrogen-bond donors (Lipinski definition) is 1. The molecule has 27 heavy (non-hydrogen) atoms. The number of amides is 1. The van der Waals surface area contributed by atoms with Crippen LogP contribution < -0.4 is 14.2 Å². The van der Waals surface area contributed by atoms with Crippen molar-refractivity contribution in [3.63, 3.8) is 0 Å². The topological polar surface area (TPSA) is 42.0 Å². The summed E-state index contributed by atoms with van der Waals surface area (Å²) in [6, 6.07) is 25.4. The number of benzene rings is 3. The van der Waals surface area contributed by atoms with E-state index in [0.29, 0.717) is 5.69 Å². The fourth-order valence-electron chi connectivity index (χ4n) is 2.81. The van der Waals surface area contributed by atoms with Crippen LogP contribution in [-0.4, -0.2) is 25.8 Å². The molecule has 0 saturated heterocycles. The maximum atomic E-state index is 12.6. The van der Waals surface area contributed by atoms with Crippen molar-refractivity contribution >= 4 is 57.8 Å². The number of fused-ring (bicyclic) bond motifs is 1. The van der Waals surface area contributed by atoms with E-state index in [1.807, 2.05) is 24.3 Å². The molecule has 0 saturated carbocycles. The number of anilines is 1. The van der Waals surface area contributed by atoms with Gasteiger partial charge in [0, 0.05) is 0 Å². The van der Waals surface area contributed by atoms with Crippen molar-refractivity contribution < 1.29 is 4.79 Å². The van der Waals surface area contributed by atoms with Gasteiger partial charge in [-0.2, -0.15) is 0 Å². The Bertz CT molecular complexity index is 1090. The van der Waals surface area contributed by atoms with E-state index < -0.39 is 0 Å². The van der Waals surface area contributed by atoms with Gasteiger partial charge in [-0.1, -0.05) is 0 Å². The van der Waals surface area contributed by atoms with Gasteiger partial charge in [0.15, 0.2) is 0 Å². The predicted octanol–water partition coefficient (Wildman–Crippen LogP) is 3.80. The molecule has 4 rings (SSSR count). The number of nitrogens with zero attached hydrogens (tertiary/aromatic N) is 1. The van der Waals surface area contributed by atoms with Crippen molar-refractivity contribution in [3.8, 4) is 0 Å². The van der Waals surface area contributed by atoms with Gasteiger partial charge in [-0.05, 0) is 0 Å². The van der Waals surface area contributed by atoms with Crippen molar-refractivity contribution in [2.75, 3.05) is 5.32 Å². The SMILES string of the molecule is O=C(Nc1cccc2cccc([Se]c3ccc(Cl)cc3)c12)c1ccccn1. The number of rotatable bonds is 4. The minimum atomic E-state index is -0.211. The first-order valence-corrected chi connectivity index (χ1v) is 10.5. The normalized spacial score (nSPS) is 10.7. The summed E-state index contributed by atoms with van der Waals surface area (Å²) in [7, 11) is 0. The third kappa shape index (κ3) is 4.04. The Kier molecular flexibility index (Phi) is 5.21. The molecule has 0 fully saturated rings. The molecule has 1 heterocycles. The predicted molar refractivity (Wildman–Crippen MR) is 113 cm³/mol. The zero-order valence-corrected chi connectivity index (χ0v) is 16.7. The molecule has 0 aliphatic rings. The third-order valence-electron chi connectivity index (χ3n) is 4.05. The Hall–Kier alpha value is -2.65. The molecule has 0 unspecified atom stereocenters. The molecule has 0 atom stereocenters. The first-order valence-electron chi connectivity index (χ1n) is 8.38.